The zero-order chi connectivity index (χ0) is 32.0. The van der Waals surface area contributed by atoms with Gasteiger partial charge in [-0.1, -0.05) is 31.4 Å². The Hall–Kier alpha value is -4.42. The van der Waals surface area contributed by atoms with Crippen LogP contribution in [0, 0.1) is 24.2 Å². The molecule has 3 aromatic rings. The summed E-state index contributed by atoms with van der Waals surface area (Å²) in [4.78, 5) is 22.5. The number of hydrogen-bond donors (Lipinski definition) is 2. The number of carbonyl (C=O) groups is 1. The Labute approximate surface area is 266 Å². The number of H-pyrrole nitrogens is 1. The number of piperidine rings is 1. The fourth-order valence-corrected chi connectivity index (χ4v) is 7.49. The van der Waals surface area contributed by atoms with Gasteiger partial charge in [0.2, 0.25) is 0 Å². The monoisotopic (exact) mass is 604 g/mol. The fourth-order valence-electron chi connectivity index (χ4n) is 7.49. The first kappa shape index (κ1) is 30.6. The maximum Gasteiger partial charge on any atom is 0.253 e. The molecule has 4 atom stereocenters. The molecule has 1 saturated heterocycles. The van der Waals surface area contributed by atoms with Crippen LogP contribution in [0.2, 0.25) is 0 Å². The molecular weight excluding hydrogens is 560 g/mol. The van der Waals surface area contributed by atoms with Gasteiger partial charge < -0.3 is 25.0 Å². The van der Waals surface area contributed by atoms with Crippen molar-refractivity contribution in [3.05, 3.63) is 100 Å². The van der Waals surface area contributed by atoms with E-state index in [1.165, 1.54) is 17.5 Å². The van der Waals surface area contributed by atoms with Crippen LogP contribution in [0.1, 0.15) is 69.1 Å². The molecule has 9 nitrogen and oxygen atoms in total. The molecule has 2 heterocycles. The number of carbonyl (C=O) groups excluding carboxylic acids is 1. The number of likely N-dealkylation sites (tertiary alicyclic amines) is 1. The van der Waals surface area contributed by atoms with Gasteiger partial charge in [0.15, 0.2) is 0 Å². The van der Waals surface area contributed by atoms with E-state index in [-0.39, 0.29) is 11.9 Å². The van der Waals surface area contributed by atoms with Crippen LogP contribution in [0.15, 0.2) is 55.3 Å². The molecule has 1 saturated carbocycles. The molecule has 2 unspecified atom stereocenters. The third kappa shape index (κ3) is 5.42. The standard InChI is InChI=1S/C36H44N8O/c1-22(44-30(20-37)18-29-19-33(29)44)21-38-15-14-36(35-39-24(3)40-41-35)31-12-10-25(23(2)42(4)5)16-26(31)8-9-27-17-28(11-13-32(27)36)34(45)43(6)7/h10-13,16-17,29-30,33,38H,1-2,8-9,14-15,18-19,21H2,3-7H3,(H,39,40,41)/t29-,30?,33+,36?/m1/s1. The van der Waals surface area contributed by atoms with Gasteiger partial charge in [0.25, 0.3) is 5.91 Å². The first-order valence-corrected chi connectivity index (χ1v) is 15.9. The van der Waals surface area contributed by atoms with E-state index in [4.69, 9.17) is 5.10 Å². The number of hydrogen-bond acceptors (Lipinski definition) is 7. The van der Waals surface area contributed by atoms with Crippen LogP contribution in [0.4, 0.5) is 0 Å². The second-order valence-electron chi connectivity index (χ2n) is 13.3. The smallest absolute Gasteiger partial charge is 0.253 e. The summed E-state index contributed by atoms with van der Waals surface area (Å²) in [5, 5.41) is 22.5. The van der Waals surface area contributed by atoms with Crippen LogP contribution in [0.3, 0.4) is 0 Å². The molecule has 6 rings (SSSR count). The average molecular weight is 605 g/mol. The minimum Gasteiger partial charge on any atom is -0.378 e. The minimum atomic E-state index is -0.640. The minimum absolute atomic E-state index is 0.0130. The van der Waals surface area contributed by atoms with E-state index in [9.17, 15) is 10.1 Å². The predicted octanol–water partition coefficient (Wildman–Crippen LogP) is 4.26. The number of fused-ring (bicyclic) bond motifs is 3. The Balaban J connectivity index is 1.41. The number of aromatic nitrogens is 3. The van der Waals surface area contributed by atoms with E-state index in [2.05, 4.69) is 69.9 Å². The quantitative estimate of drug-likeness (QED) is 0.333. The first-order chi connectivity index (χ1) is 21.5. The van der Waals surface area contributed by atoms with E-state index < -0.39 is 5.41 Å². The highest BCUT2D eigenvalue weighted by Gasteiger charge is 2.52. The number of nitrogens with zero attached hydrogens (tertiary/aromatic N) is 6. The van der Waals surface area contributed by atoms with Gasteiger partial charge in [-0.3, -0.25) is 4.79 Å². The average Bonchev–Trinajstić information content (AvgIpc) is 3.52. The van der Waals surface area contributed by atoms with Crippen molar-refractivity contribution in [1.82, 2.24) is 35.2 Å². The third-order valence-corrected chi connectivity index (χ3v) is 9.95. The highest BCUT2D eigenvalue weighted by atomic mass is 16.2. The van der Waals surface area contributed by atoms with Crippen molar-refractivity contribution >= 4 is 11.6 Å². The normalized spacial score (nSPS) is 22.8. The van der Waals surface area contributed by atoms with Crippen LogP contribution >= 0.6 is 0 Å². The summed E-state index contributed by atoms with van der Waals surface area (Å²) in [7, 11) is 7.60. The van der Waals surface area contributed by atoms with Gasteiger partial charge in [-0.15, -0.1) is 10.2 Å². The molecule has 0 bridgehead atoms. The van der Waals surface area contributed by atoms with E-state index >= 15 is 0 Å². The Morgan fingerprint density at radius 2 is 1.71 bits per heavy atom. The number of nitriles is 1. The second-order valence-corrected chi connectivity index (χ2v) is 13.3. The molecule has 2 N–H and O–H groups in total. The van der Waals surface area contributed by atoms with Gasteiger partial charge in [0, 0.05) is 57.7 Å². The van der Waals surface area contributed by atoms with Gasteiger partial charge in [0.05, 0.1) is 11.5 Å². The molecule has 0 spiro atoms. The zero-order valence-electron chi connectivity index (χ0n) is 27.2. The number of amides is 1. The van der Waals surface area contributed by atoms with E-state index in [0.29, 0.717) is 37.0 Å². The van der Waals surface area contributed by atoms with E-state index in [1.54, 1.807) is 19.0 Å². The summed E-state index contributed by atoms with van der Waals surface area (Å²) in [5.74, 6) is 2.17. The highest BCUT2D eigenvalue weighted by molar-refractivity contribution is 5.94. The van der Waals surface area contributed by atoms with E-state index in [0.717, 1.165) is 59.0 Å². The summed E-state index contributed by atoms with van der Waals surface area (Å²) in [6.07, 6.45) is 4.43. The van der Waals surface area contributed by atoms with Crippen LogP contribution in [-0.4, -0.2) is 89.2 Å². The lowest BCUT2D eigenvalue weighted by atomic mass is 9.69. The van der Waals surface area contributed by atoms with Gasteiger partial charge in [-0.05, 0) is 97.5 Å². The highest BCUT2D eigenvalue weighted by Crippen LogP contribution is 2.49. The number of rotatable bonds is 10. The molecule has 1 aromatic heterocycles. The Kier molecular flexibility index (Phi) is 8.04. The van der Waals surface area contributed by atoms with Gasteiger partial charge in [-0.25, -0.2) is 0 Å². The SMILES string of the molecule is C=C(c1ccc2c(c1)CCc1cc(C(=O)N(C)C)ccc1C2(CCNCC(=C)N1C(C#N)C[C@@H]2C[C@@H]21)c1nnc(C)[nH]1)N(C)C. The molecule has 0 radical (unpaired) electrons. The van der Waals surface area contributed by atoms with Crippen molar-refractivity contribution in [1.29, 1.82) is 5.26 Å². The summed E-state index contributed by atoms with van der Waals surface area (Å²) in [6, 6.07) is 15.7. The Morgan fingerprint density at radius 1 is 1.04 bits per heavy atom. The van der Waals surface area contributed by atoms with Crippen LogP contribution < -0.4 is 5.32 Å². The van der Waals surface area contributed by atoms with Crippen molar-refractivity contribution < 1.29 is 4.79 Å². The topological polar surface area (TPSA) is 104 Å². The molecular formula is C36H44N8O. The van der Waals surface area contributed by atoms with E-state index in [1.807, 2.05) is 32.0 Å². The molecule has 234 valence electrons. The summed E-state index contributed by atoms with van der Waals surface area (Å²) >= 11 is 0. The van der Waals surface area contributed by atoms with Crippen LogP contribution in [-0.2, 0) is 18.3 Å². The van der Waals surface area contributed by atoms with Crippen molar-refractivity contribution in [2.75, 3.05) is 41.3 Å². The zero-order valence-corrected chi connectivity index (χ0v) is 27.2. The lowest BCUT2D eigenvalue weighted by Gasteiger charge is -2.35. The number of aromatic amines is 1. The Bertz CT molecular complexity index is 1620. The number of benzene rings is 2. The molecule has 2 aliphatic carbocycles. The van der Waals surface area contributed by atoms with Crippen molar-refractivity contribution in [2.24, 2.45) is 5.92 Å². The molecule has 45 heavy (non-hydrogen) atoms. The summed E-state index contributed by atoms with van der Waals surface area (Å²) < 4.78 is 0. The van der Waals surface area contributed by atoms with Crippen LogP contribution in [0.25, 0.3) is 5.70 Å². The number of aryl methyl sites for hydroxylation is 3. The largest absolute Gasteiger partial charge is 0.378 e. The lowest BCUT2D eigenvalue weighted by molar-refractivity contribution is 0.0827. The first-order valence-electron chi connectivity index (χ1n) is 15.9. The van der Waals surface area contributed by atoms with Crippen molar-refractivity contribution in [2.45, 2.75) is 56.5 Å². The van der Waals surface area contributed by atoms with Crippen molar-refractivity contribution in [3.8, 4) is 6.07 Å². The third-order valence-electron chi connectivity index (χ3n) is 9.95. The molecule has 2 aromatic carbocycles. The molecule has 2 fully saturated rings. The number of nitrogens with one attached hydrogen (secondary N) is 2. The molecule has 1 amide bonds. The van der Waals surface area contributed by atoms with Gasteiger partial charge in [0.1, 0.15) is 17.7 Å². The van der Waals surface area contributed by atoms with Gasteiger partial charge in [-0.2, -0.15) is 5.26 Å². The summed E-state index contributed by atoms with van der Waals surface area (Å²) in [5.41, 5.74) is 7.76. The Morgan fingerprint density at radius 3 is 2.31 bits per heavy atom. The van der Waals surface area contributed by atoms with Crippen molar-refractivity contribution in [3.63, 3.8) is 0 Å². The predicted molar refractivity (Wildman–Crippen MR) is 176 cm³/mol. The molecule has 1 aliphatic heterocycles. The molecule has 3 aliphatic rings. The van der Waals surface area contributed by atoms with Gasteiger partial charge >= 0.3 is 0 Å². The maximum atomic E-state index is 13.0. The lowest BCUT2D eigenvalue weighted by Crippen LogP contribution is -2.38. The summed E-state index contributed by atoms with van der Waals surface area (Å²) in [6.45, 7) is 11.9. The molecule has 9 heteroatoms. The van der Waals surface area contributed by atoms with Crippen LogP contribution in [0.5, 0.6) is 0 Å². The fraction of sp³-hybridized carbons (Fsp3) is 0.444. The second kappa shape index (κ2) is 11.8. The maximum absolute atomic E-state index is 13.0.